The minimum absolute atomic E-state index is 0.0435. The number of rotatable bonds is 4. The molecule has 0 atom stereocenters. The summed E-state index contributed by atoms with van der Waals surface area (Å²) < 4.78 is 0. The average Bonchev–Trinajstić information content (AvgIpc) is 2.17. The van der Waals surface area contributed by atoms with Crippen molar-refractivity contribution in [2.24, 2.45) is 0 Å². The van der Waals surface area contributed by atoms with Crippen LogP contribution in [0.5, 0.6) is 0 Å². The van der Waals surface area contributed by atoms with Gasteiger partial charge in [0.05, 0.1) is 0 Å². The van der Waals surface area contributed by atoms with Gasteiger partial charge in [-0.25, -0.2) is 0 Å². The topological polar surface area (TPSA) is 0 Å². The standard InChI is InChI=1S/C14H21P/c1-6-13-8-7-9-14(10-13)15(11(2)3)12(4)5/h6-12H,1H2,2-5H3. The third-order valence-electron chi connectivity index (χ3n) is 2.52. The van der Waals surface area contributed by atoms with Crippen molar-refractivity contribution >= 4 is 19.3 Å². The zero-order valence-corrected chi connectivity index (χ0v) is 11.1. The van der Waals surface area contributed by atoms with Gasteiger partial charge in [0.1, 0.15) is 0 Å². The molecule has 0 aromatic heterocycles. The van der Waals surface area contributed by atoms with Crippen LogP contribution in [0.1, 0.15) is 33.3 Å². The summed E-state index contributed by atoms with van der Waals surface area (Å²) in [5, 5.41) is 1.51. The molecule has 1 rings (SSSR count). The molecule has 82 valence electrons. The van der Waals surface area contributed by atoms with E-state index in [1.807, 2.05) is 6.08 Å². The summed E-state index contributed by atoms with van der Waals surface area (Å²) in [6.07, 6.45) is 1.93. The Balaban J connectivity index is 3.05. The summed E-state index contributed by atoms with van der Waals surface area (Å²) in [6.45, 7) is 13.1. The molecule has 0 radical (unpaired) electrons. The van der Waals surface area contributed by atoms with Crippen LogP contribution < -0.4 is 5.30 Å². The van der Waals surface area contributed by atoms with Gasteiger partial charge in [-0.3, -0.25) is 0 Å². The first kappa shape index (κ1) is 12.5. The maximum atomic E-state index is 3.83. The van der Waals surface area contributed by atoms with Gasteiger partial charge in [-0.05, 0) is 28.3 Å². The van der Waals surface area contributed by atoms with Crippen molar-refractivity contribution in [1.82, 2.24) is 0 Å². The largest absolute Gasteiger partial charge is 0.0985 e. The minimum Gasteiger partial charge on any atom is -0.0985 e. The van der Waals surface area contributed by atoms with Crippen molar-refractivity contribution in [3.63, 3.8) is 0 Å². The zero-order valence-electron chi connectivity index (χ0n) is 10.2. The normalized spacial score (nSPS) is 11.4. The van der Waals surface area contributed by atoms with E-state index in [0.29, 0.717) is 0 Å². The van der Waals surface area contributed by atoms with Crippen LogP contribution in [0.3, 0.4) is 0 Å². The highest BCUT2D eigenvalue weighted by Gasteiger charge is 2.18. The third kappa shape index (κ3) is 3.18. The highest BCUT2D eigenvalue weighted by Crippen LogP contribution is 2.44. The van der Waals surface area contributed by atoms with Crippen LogP contribution in [-0.4, -0.2) is 11.3 Å². The summed E-state index contributed by atoms with van der Waals surface area (Å²) in [7, 11) is -0.0435. The molecule has 0 aliphatic rings. The molecule has 0 aliphatic heterocycles. The van der Waals surface area contributed by atoms with Gasteiger partial charge in [0.25, 0.3) is 0 Å². The predicted molar refractivity (Wildman–Crippen MR) is 73.4 cm³/mol. The van der Waals surface area contributed by atoms with E-state index in [2.05, 4.69) is 58.5 Å². The summed E-state index contributed by atoms with van der Waals surface area (Å²) in [6, 6.07) is 8.81. The molecule has 0 bridgehead atoms. The Bertz CT molecular complexity index is 318. The second-order valence-electron chi connectivity index (χ2n) is 4.39. The van der Waals surface area contributed by atoms with E-state index in [9.17, 15) is 0 Å². The van der Waals surface area contributed by atoms with E-state index >= 15 is 0 Å². The first-order chi connectivity index (χ1) is 7.06. The molecule has 0 amide bonds. The molecule has 0 unspecified atom stereocenters. The molecule has 0 spiro atoms. The highest BCUT2D eigenvalue weighted by molar-refractivity contribution is 7.66. The highest BCUT2D eigenvalue weighted by atomic mass is 31.1. The van der Waals surface area contributed by atoms with Gasteiger partial charge in [0.15, 0.2) is 0 Å². The van der Waals surface area contributed by atoms with Crippen LogP contribution in [0.15, 0.2) is 30.8 Å². The van der Waals surface area contributed by atoms with Gasteiger partial charge >= 0.3 is 0 Å². The monoisotopic (exact) mass is 220 g/mol. The Morgan fingerprint density at radius 2 is 1.73 bits per heavy atom. The average molecular weight is 220 g/mol. The molecule has 1 aromatic carbocycles. The molecule has 0 fully saturated rings. The fraction of sp³-hybridized carbons (Fsp3) is 0.429. The Morgan fingerprint density at radius 3 is 2.20 bits per heavy atom. The lowest BCUT2D eigenvalue weighted by molar-refractivity contribution is 1.02. The lowest BCUT2D eigenvalue weighted by Gasteiger charge is -2.26. The summed E-state index contributed by atoms with van der Waals surface area (Å²) in [5.41, 5.74) is 2.74. The van der Waals surface area contributed by atoms with E-state index < -0.39 is 0 Å². The van der Waals surface area contributed by atoms with Crippen LogP contribution in [-0.2, 0) is 0 Å². The molecule has 1 heteroatoms. The molecule has 1 aromatic rings. The fourth-order valence-electron chi connectivity index (χ4n) is 2.00. The Labute approximate surface area is 95.2 Å². The quantitative estimate of drug-likeness (QED) is 0.665. The van der Waals surface area contributed by atoms with Crippen molar-refractivity contribution in [1.29, 1.82) is 0 Å². The van der Waals surface area contributed by atoms with Crippen LogP contribution in [0.25, 0.3) is 6.08 Å². The molecule has 15 heavy (non-hydrogen) atoms. The Kier molecular flexibility index (Phi) is 4.54. The molecule has 0 saturated heterocycles. The van der Waals surface area contributed by atoms with E-state index in [-0.39, 0.29) is 7.92 Å². The minimum atomic E-state index is -0.0435. The molecule has 0 nitrogen and oxygen atoms in total. The molecule has 0 aliphatic carbocycles. The number of hydrogen-bond acceptors (Lipinski definition) is 0. The number of benzene rings is 1. The SMILES string of the molecule is C=Cc1cccc(P(C(C)C)C(C)C)c1. The van der Waals surface area contributed by atoms with Crippen LogP contribution in [0.2, 0.25) is 0 Å². The van der Waals surface area contributed by atoms with E-state index in [4.69, 9.17) is 0 Å². The van der Waals surface area contributed by atoms with Gasteiger partial charge in [0, 0.05) is 0 Å². The van der Waals surface area contributed by atoms with Crippen LogP contribution >= 0.6 is 7.92 Å². The summed E-state index contributed by atoms with van der Waals surface area (Å²) >= 11 is 0. The van der Waals surface area contributed by atoms with Gasteiger partial charge < -0.3 is 0 Å². The molecule has 0 N–H and O–H groups in total. The van der Waals surface area contributed by atoms with E-state index in [0.717, 1.165) is 11.3 Å². The molecule has 0 heterocycles. The van der Waals surface area contributed by atoms with Gasteiger partial charge in [-0.15, -0.1) is 0 Å². The van der Waals surface area contributed by atoms with Crippen LogP contribution in [0.4, 0.5) is 0 Å². The van der Waals surface area contributed by atoms with E-state index in [1.54, 1.807) is 0 Å². The second-order valence-corrected chi connectivity index (χ2v) is 7.79. The van der Waals surface area contributed by atoms with Crippen molar-refractivity contribution in [3.05, 3.63) is 36.4 Å². The Hall–Kier alpha value is -0.610. The number of hydrogen-bond donors (Lipinski definition) is 0. The fourth-order valence-corrected chi connectivity index (χ4v) is 4.95. The van der Waals surface area contributed by atoms with Crippen molar-refractivity contribution in [2.45, 2.75) is 39.0 Å². The molecular formula is C14H21P. The predicted octanol–water partition coefficient (Wildman–Crippen LogP) is 4.25. The van der Waals surface area contributed by atoms with Gasteiger partial charge in [-0.1, -0.05) is 66.5 Å². The van der Waals surface area contributed by atoms with Gasteiger partial charge in [-0.2, -0.15) is 0 Å². The maximum absolute atomic E-state index is 3.83. The third-order valence-corrected chi connectivity index (χ3v) is 5.62. The molecular weight excluding hydrogens is 199 g/mol. The first-order valence-corrected chi connectivity index (χ1v) is 7.05. The smallest absolute Gasteiger partial charge is 0.0223 e. The van der Waals surface area contributed by atoms with Crippen molar-refractivity contribution in [2.75, 3.05) is 0 Å². The van der Waals surface area contributed by atoms with Gasteiger partial charge in [0.2, 0.25) is 0 Å². The summed E-state index contributed by atoms with van der Waals surface area (Å²) in [5.74, 6) is 0. The van der Waals surface area contributed by atoms with Crippen molar-refractivity contribution < 1.29 is 0 Å². The lowest BCUT2D eigenvalue weighted by atomic mass is 10.2. The van der Waals surface area contributed by atoms with E-state index in [1.165, 1.54) is 10.9 Å². The zero-order chi connectivity index (χ0) is 11.4. The second kappa shape index (κ2) is 5.47. The lowest BCUT2D eigenvalue weighted by Crippen LogP contribution is -2.15. The first-order valence-electron chi connectivity index (χ1n) is 5.57. The molecule has 0 saturated carbocycles. The van der Waals surface area contributed by atoms with Crippen LogP contribution in [0, 0.1) is 0 Å². The maximum Gasteiger partial charge on any atom is -0.0223 e. The van der Waals surface area contributed by atoms with Crippen molar-refractivity contribution in [3.8, 4) is 0 Å². The summed E-state index contributed by atoms with van der Waals surface area (Å²) in [4.78, 5) is 0. The Morgan fingerprint density at radius 1 is 1.13 bits per heavy atom.